The first-order chi connectivity index (χ1) is 9.99. The Labute approximate surface area is 124 Å². The van der Waals surface area contributed by atoms with E-state index >= 15 is 0 Å². The van der Waals surface area contributed by atoms with Gasteiger partial charge in [-0.15, -0.1) is 0 Å². The molecular formula is C15H23N3O3. The van der Waals surface area contributed by atoms with Gasteiger partial charge in [-0.25, -0.2) is 4.79 Å². The molecule has 0 bridgehead atoms. The van der Waals surface area contributed by atoms with Gasteiger partial charge in [0, 0.05) is 18.6 Å². The van der Waals surface area contributed by atoms with Gasteiger partial charge in [0.1, 0.15) is 5.92 Å². The average molecular weight is 293 g/mol. The van der Waals surface area contributed by atoms with Gasteiger partial charge in [-0.3, -0.25) is 19.8 Å². The van der Waals surface area contributed by atoms with E-state index in [2.05, 4.69) is 10.2 Å². The van der Waals surface area contributed by atoms with E-state index < -0.39 is 17.9 Å². The summed E-state index contributed by atoms with van der Waals surface area (Å²) in [6.07, 6.45) is 4.00. The van der Waals surface area contributed by atoms with Gasteiger partial charge in [0.05, 0.1) is 0 Å². The Morgan fingerprint density at radius 3 is 2.57 bits per heavy atom. The highest BCUT2D eigenvalue weighted by Crippen LogP contribution is 2.31. The molecule has 6 heteroatoms. The molecular weight excluding hydrogens is 270 g/mol. The number of carbonyl (C=O) groups is 3. The van der Waals surface area contributed by atoms with E-state index in [-0.39, 0.29) is 17.9 Å². The number of imide groups is 2. The maximum atomic E-state index is 12.6. The molecule has 0 spiro atoms. The minimum absolute atomic E-state index is 0.0637. The predicted octanol–water partition coefficient (Wildman–Crippen LogP) is 0.964. The molecule has 21 heavy (non-hydrogen) atoms. The molecule has 3 rings (SSSR count). The average Bonchev–Trinajstić information content (AvgIpc) is 2.84. The van der Waals surface area contributed by atoms with Crippen molar-refractivity contribution < 1.29 is 14.4 Å². The topological polar surface area (TPSA) is 69.7 Å². The molecule has 4 amide bonds. The van der Waals surface area contributed by atoms with Gasteiger partial charge in [0.2, 0.25) is 11.8 Å². The van der Waals surface area contributed by atoms with E-state index in [1.807, 2.05) is 13.8 Å². The summed E-state index contributed by atoms with van der Waals surface area (Å²) < 4.78 is 0. The van der Waals surface area contributed by atoms with Gasteiger partial charge in [-0.05, 0) is 38.1 Å². The predicted molar refractivity (Wildman–Crippen MR) is 76.3 cm³/mol. The molecule has 3 aliphatic rings. The highest BCUT2D eigenvalue weighted by Gasteiger charge is 2.46. The van der Waals surface area contributed by atoms with Crippen molar-refractivity contribution in [3.05, 3.63) is 0 Å². The molecule has 3 fully saturated rings. The summed E-state index contributed by atoms with van der Waals surface area (Å²) in [6.45, 7) is 5.75. The van der Waals surface area contributed by atoms with E-state index in [1.54, 1.807) is 0 Å². The number of amides is 4. The van der Waals surface area contributed by atoms with Crippen molar-refractivity contribution in [2.24, 2.45) is 11.8 Å². The quantitative estimate of drug-likeness (QED) is 0.770. The number of urea groups is 1. The first kappa shape index (κ1) is 14.5. The number of hydrogen-bond acceptors (Lipinski definition) is 4. The van der Waals surface area contributed by atoms with Crippen molar-refractivity contribution in [3.63, 3.8) is 0 Å². The Bertz CT molecular complexity index is 477. The first-order valence-electron chi connectivity index (χ1n) is 7.91. The highest BCUT2D eigenvalue weighted by atomic mass is 16.2. The van der Waals surface area contributed by atoms with Crippen LogP contribution in [0.4, 0.5) is 4.79 Å². The van der Waals surface area contributed by atoms with Gasteiger partial charge in [-0.2, -0.15) is 0 Å². The monoisotopic (exact) mass is 293 g/mol. The highest BCUT2D eigenvalue weighted by molar-refractivity contribution is 6.16. The van der Waals surface area contributed by atoms with Crippen LogP contribution in [-0.2, 0) is 9.59 Å². The summed E-state index contributed by atoms with van der Waals surface area (Å²) in [4.78, 5) is 40.4. The normalized spacial score (nSPS) is 34.3. The number of piperidine rings is 1. The van der Waals surface area contributed by atoms with Crippen molar-refractivity contribution >= 4 is 17.8 Å². The molecule has 3 unspecified atom stereocenters. The summed E-state index contributed by atoms with van der Waals surface area (Å²) in [5.41, 5.74) is 0. The fraction of sp³-hybridized carbons (Fsp3) is 0.800. The van der Waals surface area contributed by atoms with E-state index in [4.69, 9.17) is 0 Å². The van der Waals surface area contributed by atoms with Crippen molar-refractivity contribution in [2.75, 3.05) is 13.1 Å². The Balaban J connectivity index is 1.78. The van der Waals surface area contributed by atoms with Crippen LogP contribution in [0.2, 0.25) is 0 Å². The molecule has 3 heterocycles. The summed E-state index contributed by atoms with van der Waals surface area (Å²) >= 11 is 0. The molecule has 0 aromatic carbocycles. The molecule has 3 aliphatic heterocycles. The summed E-state index contributed by atoms with van der Waals surface area (Å²) in [7, 11) is 0. The second kappa shape index (κ2) is 5.40. The Morgan fingerprint density at radius 2 is 1.86 bits per heavy atom. The Morgan fingerprint density at radius 1 is 1.10 bits per heavy atom. The minimum atomic E-state index is -0.732. The van der Waals surface area contributed by atoms with Crippen LogP contribution in [0.15, 0.2) is 0 Å². The fourth-order valence-corrected chi connectivity index (χ4v) is 3.98. The van der Waals surface area contributed by atoms with Crippen LogP contribution < -0.4 is 5.32 Å². The number of barbiturate groups is 1. The van der Waals surface area contributed by atoms with Crippen LogP contribution in [0, 0.1) is 11.8 Å². The second-order valence-corrected chi connectivity index (χ2v) is 6.73. The van der Waals surface area contributed by atoms with Crippen LogP contribution in [0.5, 0.6) is 0 Å². The minimum Gasteiger partial charge on any atom is -0.300 e. The van der Waals surface area contributed by atoms with Crippen molar-refractivity contribution in [2.45, 2.75) is 51.6 Å². The lowest BCUT2D eigenvalue weighted by Crippen LogP contribution is -2.63. The molecule has 0 aliphatic carbocycles. The van der Waals surface area contributed by atoms with Crippen molar-refractivity contribution in [1.82, 2.24) is 15.1 Å². The summed E-state index contributed by atoms with van der Waals surface area (Å²) in [6, 6.07) is -0.107. The number of nitrogens with zero attached hydrogens (tertiary/aromatic N) is 2. The molecule has 3 atom stereocenters. The van der Waals surface area contributed by atoms with Gasteiger partial charge in [-0.1, -0.05) is 13.8 Å². The zero-order chi connectivity index (χ0) is 15.1. The number of fused-ring (bicyclic) bond motifs is 1. The van der Waals surface area contributed by atoms with E-state index in [0.717, 1.165) is 32.4 Å². The summed E-state index contributed by atoms with van der Waals surface area (Å²) in [5, 5.41) is 2.36. The smallest absolute Gasteiger partial charge is 0.300 e. The lowest BCUT2D eigenvalue weighted by Gasteiger charge is -2.42. The fourth-order valence-electron chi connectivity index (χ4n) is 3.98. The van der Waals surface area contributed by atoms with Crippen LogP contribution in [0.3, 0.4) is 0 Å². The van der Waals surface area contributed by atoms with Crippen molar-refractivity contribution in [1.29, 1.82) is 0 Å². The SMILES string of the molecule is CC(C)C1C(=O)NC(=O)N(C2CCN3CCCC3C2)C1=O. The van der Waals surface area contributed by atoms with Crippen LogP contribution in [0.25, 0.3) is 0 Å². The zero-order valence-electron chi connectivity index (χ0n) is 12.7. The number of rotatable bonds is 2. The molecule has 0 saturated carbocycles. The molecule has 0 radical (unpaired) electrons. The summed E-state index contributed by atoms with van der Waals surface area (Å²) in [5.74, 6) is -1.59. The Kier molecular flexibility index (Phi) is 3.73. The molecule has 116 valence electrons. The third kappa shape index (κ3) is 2.46. The van der Waals surface area contributed by atoms with Gasteiger partial charge < -0.3 is 4.90 Å². The largest absolute Gasteiger partial charge is 0.331 e. The number of hydrogen-bond donors (Lipinski definition) is 1. The van der Waals surface area contributed by atoms with E-state index in [0.29, 0.717) is 6.04 Å². The molecule has 0 aromatic rings. The van der Waals surface area contributed by atoms with E-state index in [1.165, 1.54) is 11.3 Å². The third-order valence-electron chi connectivity index (χ3n) is 5.06. The molecule has 3 saturated heterocycles. The lowest BCUT2D eigenvalue weighted by molar-refractivity contribution is -0.146. The number of nitrogens with one attached hydrogen (secondary N) is 1. The van der Waals surface area contributed by atoms with Crippen LogP contribution >= 0.6 is 0 Å². The maximum absolute atomic E-state index is 12.6. The van der Waals surface area contributed by atoms with Crippen molar-refractivity contribution in [3.8, 4) is 0 Å². The second-order valence-electron chi connectivity index (χ2n) is 6.73. The molecule has 6 nitrogen and oxygen atoms in total. The lowest BCUT2D eigenvalue weighted by atomic mass is 9.89. The zero-order valence-corrected chi connectivity index (χ0v) is 12.7. The van der Waals surface area contributed by atoms with Crippen LogP contribution in [-0.4, -0.2) is 52.8 Å². The molecule has 1 N–H and O–H groups in total. The standard InChI is InChI=1S/C15H23N3O3/c1-9(2)12-13(19)16-15(21)18(14(12)20)11-5-7-17-6-3-4-10(17)8-11/h9-12H,3-8H2,1-2H3,(H,16,19,21). The van der Waals surface area contributed by atoms with Gasteiger partial charge in [0.25, 0.3) is 0 Å². The Hall–Kier alpha value is -1.43. The van der Waals surface area contributed by atoms with Gasteiger partial charge >= 0.3 is 6.03 Å². The van der Waals surface area contributed by atoms with Crippen LogP contribution in [0.1, 0.15) is 39.5 Å². The van der Waals surface area contributed by atoms with Gasteiger partial charge in [0.15, 0.2) is 0 Å². The van der Waals surface area contributed by atoms with E-state index in [9.17, 15) is 14.4 Å². The molecule has 0 aromatic heterocycles. The number of carbonyl (C=O) groups excluding carboxylic acids is 3. The maximum Gasteiger partial charge on any atom is 0.331 e. The third-order valence-corrected chi connectivity index (χ3v) is 5.06. The first-order valence-corrected chi connectivity index (χ1v) is 7.91.